The van der Waals surface area contributed by atoms with Crippen LogP contribution >= 0.6 is 11.6 Å². The standard InChI is InChI=1S/C24H29ClN2O5S/c1-17(23(28)26-16-18-8-4-3-5-9-18)32-24(29)19-10-6-13-22(14-19)33(30,31)27(2)21-12-7-11-20(25)15-21/h6-7,10-15,17-18H,3-5,8-9,16H2,1-2H3,(H,26,28)/t17-/m1/s1. The van der Waals surface area contributed by atoms with Gasteiger partial charge in [0, 0.05) is 18.6 Å². The van der Waals surface area contributed by atoms with Gasteiger partial charge in [-0.3, -0.25) is 9.10 Å². The normalized spacial score (nSPS) is 15.5. The zero-order valence-corrected chi connectivity index (χ0v) is 20.4. The molecule has 1 saturated carbocycles. The molecular weight excluding hydrogens is 464 g/mol. The van der Waals surface area contributed by atoms with Gasteiger partial charge in [-0.1, -0.05) is 43.0 Å². The highest BCUT2D eigenvalue weighted by Crippen LogP contribution is 2.25. The largest absolute Gasteiger partial charge is 0.449 e. The van der Waals surface area contributed by atoms with Crippen molar-refractivity contribution in [2.75, 3.05) is 17.9 Å². The zero-order chi connectivity index (χ0) is 24.0. The van der Waals surface area contributed by atoms with Gasteiger partial charge in [0.05, 0.1) is 16.1 Å². The maximum absolute atomic E-state index is 13.1. The Bertz CT molecular complexity index is 1100. The fourth-order valence-electron chi connectivity index (χ4n) is 3.81. The molecule has 0 spiro atoms. The molecule has 2 aromatic carbocycles. The number of carbonyl (C=O) groups is 2. The number of nitrogens with zero attached hydrogens (tertiary/aromatic N) is 1. The van der Waals surface area contributed by atoms with Crippen LogP contribution in [0.4, 0.5) is 5.69 Å². The lowest BCUT2D eigenvalue weighted by Gasteiger charge is -2.22. The van der Waals surface area contributed by atoms with Gasteiger partial charge in [-0.15, -0.1) is 0 Å². The summed E-state index contributed by atoms with van der Waals surface area (Å²) < 4.78 is 32.5. The number of sulfonamides is 1. The van der Waals surface area contributed by atoms with Crippen molar-refractivity contribution in [3.05, 3.63) is 59.1 Å². The highest BCUT2D eigenvalue weighted by Gasteiger charge is 2.25. The van der Waals surface area contributed by atoms with Gasteiger partial charge < -0.3 is 10.1 Å². The number of hydrogen-bond donors (Lipinski definition) is 1. The fraction of sp³-hybridized carbons (Fsp3) is 0.417. The Morgan fingerprint density at radius 2 is 1.82 bits per heavy atom. The molecule has 1 aliphatic carbocycles. The Morgan fingerprint density at radius 3 is 2.52 bits per heavy atom. The van der Waals surface area contributed by atoms with Crippen molar-refractivity contribution < 1.29 is 22.7 Å². The smallest absolute Gasteiger partial charge is 0.338 e. The third kappa shape index (κ3) is 6.48. The first-order chi connectivity index (χ1) is 15.7. The van der Waals surface area contributed by atoms with Gasteiger partial charge in [0.2, 0.25) is 0 Å². The van der Waals surface area contributed by atoms with Crippen LogP contribution in [0.5, 0.6) is 0 Å². The first-order valence-corrected chi connectivity index (χ1v) is 12.8. The number of esters is 1. The molecule has 178 valence electrons. The molecule has 0 radical (unpaired) electrons. The number of halogens is 1. The van der Waals surface area contributed by atoms with Crippen LogP contribution in [0, 0.1) is 5.92 Å². The number of ether oxygens (including phenoxy) is 1. The number of benzene rings is 2. The highest BCUT2D eigenvalue weighted by molar-refractivity contribution is 7.92. The number of amides is 1. The minimum Gasteiger partial charge on any atom is -0.449 e. The zero-order valence-electron chi connectivity index (χ0n) is 18.8. The van der Waals surface area contributed by atoms with Crippen LogP contribution in [0.1, 0.15) is 49.4 Å². The van der Waals surface area contributed by atoms with Crippen LogP contribution in [-0.4, -0.2) is 40.0 Å². The Balaban J connectivity index is 1.65. The molecule has 0 aliphatic heterocycles. The lowest BCUT2D eigenvalue weighted by molar-refractivity contribution is -0.129. The summed E-state index contributed by atoms with van der Waals surface area (Å²) in [7, 11) is -2.54. The van der Waals surface area contributed by atoms with Gasteiger partial charge in [0.25, 0.3) is 15.9 Å². The number of rotatable bonds is 8. The van der Waals surface area contributed by atoms with Crippen molar-refractivity contribution in [2.45, 2.75) is 50.0 Å². The maximum atomic E-state index is 13.1. The summed E-state index contributed by atoms with van der Waals surface area (Å²) in [6.07, 6.45) is 4.80. The fourth-order valence-corrected chi connectivity index (χ4v) is 5.23. The highest BCUT2D eigenvalue weighted by atomic mass is 35.5. The van der Waals surface area contributed by atoms with E-state index in [2.05, 4.69) is 5.32 Å². The molecule has 1 fully saturated rings. The van der Waals surface area contributed by atoms with Crippen LogP contribution in [-0.2, 0) is 19.6 Å². The van der Waals surface area contributed by atoms with E-state index in [1.165, 1.54) is 63.6 Å². The molecule has 1 atom stereocenters. The van der Waals surface area contributed by atoms with E-state index in [9.17, 15) is 18.0 Å². The van der Waals surface area contributed by atoms with Crippen molar-refractivity contribution in [3.63, 3.8) is 0 Å². The van der Waals surface area contributed by atoms with E-state index in [-0.39, 0.29) is 16.4 Å². The molecule has 1 aliphatic rings. The van der Waals surface area contributed by atoms with Crippen LogP contribution in [0.2, 0.25) is 5.02 Å². The molecule has 0 unspecified atom stereocenters. The predicted molar refractivity (Wildman–Crippen MR) is 128 cm³/mol. The summed E-state index contributed by atoms with van der Waals surface area (Å²) in [5.74, 6) is -0.667. The predicted octanol–water partition coefficient (Wildman–Crippen LogP) is 4.41. The van der Waals surface area contributed by atoms with Crippen molar-refractivity contribution in [3.8, 4) is 0 Å². The van der Waals surface area contributed by atoms with Crippen LogP contribution < -0.4 is 9.62 Å². The molecule has 2 aromatic rings. The molecule has 33 heavy (non-hydrogen) atoms. The second-order valence-corrected chi connectivity index (χ2v) is 10.7. The molecule has 3 rings (SSSR count). The molecule has 1 amide bonds. The molecule has 0 saturated heterocycles. The third-order valence-electron chi connectivity index (χ3n) is 5.84. The molecule has 7 nitrogen and oxygen atoms in total. The molecule has 1 N–H and O–H groups in total. The third-order valence-corrected chi connectivity index (χ3v) is 7.86. The first-order valence-electron chi connectivity index (χ1n) is 11.0. The van der Waals surface area contributed by atoms with E-state index in [0.717, 1.165) is 17.1 Å². The second kappa shape index (κ2) is 11.0. The molecule has 0 bridgehead atoms. The van der Waals surface area contributed by atoms with Crippen LogP contribution in [0.3, 0.4) is 0 Å². The van der Waals surface area contributed by atoms with Crippen molar-refractivity contribution in [1.82, 2.24) is 5.32 Å². The molecule has 0 heterocycles. The van der Waals surface area contributed by atoms with Crippen molar-refractivity contribution >= 4 is 39.2 Å². The average molecular weight is 493 g/mol. The van der Waals surface area contributed by atoms with E-state index in [1.807, 2.05) is 0 Å². The SMILES string of the molecule is C[C@@H](OC(=O)c1cccc(S(=O)(=O)N(C)c2cccc(Cl)c2)c1)C(=O)NCC1CCCCC1. The van der Waals surface area contributed by atoms with E-state index >= 15 is 0 Å². The van der Waals surface area contributed by atoms with Gasteiger partial charge in [-0.05, 0) is 62.1 Å². The monoisotopic (exact) mass is 492 g/mol. The van der Waals surface area contributed by atoms with Crippen molar-refractivity contribution in [1.29, 1.82) is 0 Å². The Morgan fingerprint density at radius 1 is 1.12 bits per heavy atom. The van der Waals surface area contributed by atoms with Gasteiger partial charge in [0.1, 0.15) is 0 Å². The Kier molecular flexibility index (Phi) is 8.37. The summed E-state index contributed by atoms with van der Waals surface area (Å²) in [4.78, 5) is 24.9. The van der Waals surface area contributed by atoms with E-state index in [4.69, 9.17) is 16.3 Å². The summed E-state index contributed by atoms with van der Waals surface area (Å²) >= 11 is 5.98. The van der Waals surface area contributed by atoms with E-state index in [1.54, 1.807) is 18.2 Å². The van der Waals surface area contributed by atoms with Crippen molar-refractivity contribution in [2.24, 2.45) is 5.92 Å². The topological polar surface area (TPSA) is 92.8 Å². The lowest BCUT2D eigenvalue weighted by atomic mass is 9.89. The summed E-state index contributed by atoms with van der Waals surface area (Å²) in [5.41, 5.74) is 0.432. The van der Waals surface area contributed by atoms with Gasteiger partial charge >= 0.3 is 5.97 Å². The number of anilines is 1. The van der Waals surface area contributed by atoms with Gasteiger partial charge in [0.15, 0.2) is 6.10 Å². The molecular formula is C24H29ClN2O5S. The maximum Gasteiger partial charge on any atom is 0.338 e. The van der Waals surface area contributed by atoms with Crippen LogP contribution in [0.25, 0.3) is 0 Å². The lowest BCUT2D eigenvalue weighted by Crippen LogP contribution is -2.38. The second-order valence-electron chi connectivity index (χ2n) is 8.28. The van der Waals surface area contributed by atoms with Gasteiger partial charge in [-0.2, -0.15) is 0 Å². The van der Waals surface area contributed by atoms with E-state index in [0.29, 0.717) is 23.2 Å². The van der Waals surface area contributed by atoms with Gasteiger partial charge in [-0.25, -0.2) is 13.2 Å². The first kappa shape index (κ1) is 25.1. The minimum absolute atomic E-state index is 0.0440. The Labute approximate surface area is 200 Å². The van der Waals surface area contributed by atoms with Crippen LogP contribution in [0.15, 0.2) is 53.4 Å². The summed E-state index contributed by atoms with van der Waals surface area (Å²) in [6.45, 7) is 2.08. The number of nitrogens with one attached hydrogen (secondary N) is 1. The average Bonchev–Trinajstić information content (AvgIpc) is 2.82. The van der Waals surface area contributed by atoms with E-state index < -0.39 is 22.1 Å². The molecule has 9 heteroatoms. The summed E-state index contributed by atoms with van der Waals surface area (Å²) in [5, 5.41) is 3.26. The minimum atomic E-state index is -3.94. The quantitative estimate of drug-likeness (QED) is 0.551. The number of carbonyl (C=O) groups excluding carboxylic acids is 2. The number of hydrogen-bond acceptors (Lipinski definition) is 5. The Hall–Kier alpha value is -2.58. The summed E-state index contributed by atoms with van der Waals surface area (Å²) in [6, 6.07) is 12.0. The molecule has 0 aromatic heterocycles.